The number of hydrogen-bond acceptors (Lipinski definition) is 2. The lowest BCUT2D eigenvalue weighted by Crippen LogP contribution is -2.01. The third-order valence-electron chi connectivity index (χ3n) is 1.13. The molecule has 0 unspecified atom stereocenters. The van der Waals surface area contributed by atoms with Crippen molar-refractivity contribution in [2.24, 2.45) is 5.92 Å². The predicted octanol–water partition coefficient (Wildman–Crippen LogP) is 3.28. The van der Waals surface area contributed by atoms with Gasteiger partial charge < -0.3 is 10.8 Å². The fourth-order valence-corrected chi connectivity index (χ4v) is 0.407. The number of rotatable bonds is 3. The van der Waals surface area contributed by atoms with Gasteiger partial charge in [0.1, 0.15) is 0 Å². The topological polar surface area (TPSA) is 47.7 Å². The van der Waals surface area contributed by atoms with Gasteiger partial charge in [0.05, 0.1) is 0 Å². The van der Waals surface area contributed by atoms with E-state index in [4.69, 9.17) is 10.8 Å². The van der Waals surface area contributed by atoms with Crippen LogP contribution < -0.4 is 0 Å². The van der Waals surface area contributed by atoms with E-state index in [9.17, 15) is 0 Å². The highest BCUT2D eigenvalue weighted by molar-refractivity contribution is 6.00. The van der Waals surface area contributed by atoms with Crippen LogP contribution in [0.2, 0.25) is 0 Å². The van der Waals surface area contributed by atoms with E-state index in [1.165, 1.54) is 0 Å². The molecule has 0 aliphatic heterocycles. The van der Waals surface area contributed by atoms with Crippen molar-refractivity contribution in [2.75, 3.05) is 0 Å². The Morgan fingerprint density at radius 2 is 1.50 bits per heavy atom. The molecule has 0 fully saturated rings. The summed E-state index contributed by atoms with van der Waals surface area (Å²) in [5.41, 5.74) is 1.07. The van der Waals surface area contributed by atoms with Crippen molar-refractivity contribution >= 4 is 11.4 Å². The summed E-state index contributed by atoms with van der Waals surface area (Å²) in [5, 5.41) is 14.4. The van der Waals surface area contributed by atoms with Gasteiger partial charge in [-0.05, 0) is 25.0 Å². The van der Waals surface area contributed by atoms with E-state index >= 15 is 0 Å². The van der Waals surface area contributed by atoms with Crippen LogP contribution in [0.5, 0.6) is 0 Å². The van der Waals surface area contributed by atoms with Gasteiger partial charge in [0, 0.05) is 11.4 Å². The summed E-state index contributed by atoms with van der Waals surface area (Å²) >= 11 is 0. The molecular formula is C10H20N2. The highest BCUT2D eigenvalue weighted by Crippen LogP contribution is 1.95. The van der Waals surface area contributed by atoms with Crippen molar-refractivity contribution in [1.82, 2.24) is 0 Å². The molecule has 2 N–H and O–H groups in total. The van der Waals surface area contributed by atoms with Crippen LogP contribution in [0.3, 0.4) is 0 Å². The zero-order valence-electron chi connectivity index (χ0n) is 8.73. The van der Waals surface area contributed by atoms with E-state index in [0.717, 1.165) is 0 Å². The molecule has 0 aromatic carbocycles. The first-order valence-corrected chi connectivity index (χ1v) is 4.35. The first-order chi connectivity index (χ1) is 5.54. The van der Waals surface area contributed by atoms with E-state index in [1.807, 2.05) is 27.7 Å². The van der Waals surface area contributed by atoms with E-state index in [-0.39, 0.29) is 5.92 Å². The fourth-order valence-electron chi connectivity index (χ4n) is 0.407. The van der Waals surface area contributed by atoms with Crippen LogP contribution >= 0.6 is 0 Å². The molecule has 0 rings (SSSR count). The monoisotopic (exact) mass is 168 g/mol. The molecular weight excluding hydrogens is 148 g/mol. The van der Waals surface area contributed by atoms with Gasteiger partial charge in [-0.25, -0.2) is 0 Å². The smallest absolute Gasteiger partial charge is 0.0339 e. The quantitative estimate of drug-likeness (QED) is 0.608. The van der Waals surface area contributed by atoms with Crippen molar-refractivity contribution in [1.29, 1.82) is 10.8 Å². The van der Waals surface area contributed by atoms with Gasteiger partial charge in [0.2, 0.25) is 0 Å². The molecule has 0 aliphatic rings. The summed E-state index contributed by atoms with van der Waals surface area (Å²) in [4.78, 5) is 0. The maximum atomic E-state index is 7.35. The van der Waals surface area contributed by atoms with Crippen molar-refractivity contribution in [3.05, 3.63) is 12.2 Å². The standard InChI is InChI=1S/C8H14N2.C2H6/c1-6(2)8(10)5-4-7(3)9;1-2/h4-6,9-10H,1-3H3;1-2H3/b5-4-,9-7?,10-8?;. The largest absolute Gasteiger partial charge is 0.306 e. The lowest BCUT2D eigenvalue weighted by molar-refractivity contribution is 0.882. The zero-order valence-corrected chi connectivity index (χ0v) is 8.73. The highest BCUT2D eigenvalue weighted by Gasteiger charge is 1.95. The van der Waals surface area contributed by atoms with E-state index in [0.29, 0.717) is 11.4 Å². The Bertz CT molecular complexity index is 167. The third-order valence-corrected chi connectivity index (χ3v) is 1.13. The Balaban J connectivity index is 0. The number of hydrogen-bond donors (Lipinski definition) is 2. The Labute approximate surface area is 75.7 Å². The van der Waals surface area contributed by atoms with Gasteiger partial charge >= 0.3 is 0 Å². The molecule has 0 saturated heterocycles. The molecule has 2 heteroatoms. The third kappa shape index (κ3) is 9.08. The van der Waals surface area contributed by atoms with Crippen molar-refractivity contribution < 1.29 is 0 Å². The SMILES string of the molecule is CC.CC(=N)/C=C\C(=N)C(C)C. The minimum Gasteiger partial charge on any atom is -0.306 e. The summed E-state index contributed by atoms with van der Waals surface area (Å²) in [7, 11) is 0. The lowest BCUT2D eigenvalue weighted by atomic mass is 10.1. The fraction of sp³-hybridized carbons (Fsp3) is 0.600. The number of allylic oxidation sites excluding steroid dienone is 2. The summed E-state index contributed by atoms with van der Waals surface area (Å²) in [6.45, 7) is 9.63. The van der Waals surface area contributed by atoms with Gasteiger partial charge in [0.15, 0.2) is 0 Å². The Hall–Kier alpha value is -0.920. The molecule has 0 radical (unpaired) electrons. The summed E-state index contributed by atoms with van der Waals surface area (Å²) < 4.78 is 0. The lowest BCUT2D eigenvalue weighted by Gasteiger charge is -1.99. The minimum absolute atomic E-state index is 0.260. The second-order valence-electron chi connectivity index (χ2n) is 2.63. The summed E-state index contributed by atoms with van der Waals surface area (Å²) in [5.74, 6) is 0.260. The van der Waals surface area contributed by atoms with Crippen LogP contribution in [0.1, 0.15) is 34.6 Å². The molecule has 0 amide bonds. The molecule has 0 saturated carbocycles. The van der Waals surface area contributed by atoms with Crippen molar-refractivity contribution in [3.8, 4) is 0 Å². The molecule has 0 aliphatic carbocycles. The van der Waals surface area contributed by atoms with Crippen LogP contribution in [0.15, 0.2) is 12.2 Å². The van der Waals surface area contributed by atoms with Crippen molar-refractivity contribution in [3.63, 3.8) is 0 Å². The first kappa shape index (κ1) is 13.7. The van der Waals surface area contributed by atoms with Gasteiger partial charge in [-0.1, -0.05) is 27.7 Å². The Morgan fingerprint density at radius 3 is 1.75 bits per heavy atom. The first-order valence-electron chi connectivity index (χ1n) is 4.35. The molecule has 0 aromatic heterocycles. The maximum absolute atomic E-state index is 7.35. The minimum atomic E-state index is 0.260. The van der Waals surface area contributed by atoms with E-state index in [1.54, 1.807) is 19.1 Å². The molecule has 2 nitrogen and oxygen atoms in total. The van der Waals surface area contributed by atoms with Crippen LogP contribution in [0, 0.1) is 16.7 Å². The highest BCUT2D eigenvalue weighted by atomic mass is 14.4. The average Bonchev–Trinajstić information content (AvgIpc) is 2.03. The average molecular weight is 168 g/mol. The predicted molar refractivity (Wildman–Crippen MR) is 56.5 cm³/mol. The van der Waals surface area contributed by atoms with Crippen LogP contribution in [-0.4, -0.2) is 11.4 Å². The molecule has 0 spiro atoms. The van der Waals surface area contributed by atoms with Gasteiger partial charge in [-0.15, -0.1) is 0 Å². The number of nitrogens with one attached hydrogen (secondary N) is 2. The van der Waals surface area contributed by atoms with Crippen molar-refractivity contribution in [2.45, 2.75) is 34.6 Å². The molecule has 0 aromatic rings. The van der Waals surface area contributed by atoms with E-state index < -0.39 is 0 Å². The molecule has 0 heterocycles. The van der Waals surface area contributed by atoms with Gasteiger partial charge in [0.25, 0.3) is 0 Å². The zero-order chi connectivity index (χ0) is 10.1. The van der Waals surface area contributed by atoms with E-state index in [2.05, 4.69) is 0 Å². The van der Waals surface area contributed by atoms with Gasteiger partial charge in [-0.3, -0.25) is 0 Å². The second kappa shape index (κ2) is 8.18. The molecule has 0 bridgehead atoms. The second-order valence-corrected chi connectivity index (χ2v) is 2.63. The van der Waals surface area contributed by atoms with Crippen LogP contribution in [-0.2, 0) is 0 Å². The van der Waals surface area contributed by atoms with Crippen LogP contribution in [0.25, 0.3) is 0 Å². The van der Waals surface area contributed by atoms with Gasteiger partial charge in [-0.2, -0.15) is 0 Å². The molecule has 70 valence electrons. The molecule has 0 atom stereocenters. The Morgan fingerprint density at radius 1 is 1.08 bits per heavy atom. The maximum Gasteiger partial charge on any atom is 0.0339 e. The normalized spacial score (nSPS) is 9.50. The summed E-state index contributed by atoms with van der Waals surface area (Å²) in [6.07, 6.45) is 3.31. The van der Waals surface area contributed by atoms with Crippen LogP contribution in [0.4, 0.5) is 0 Å². The summed E-state index contributed by atoms with van der Waals surface area (Å²) in [6, 6.07) is 0. The molecule has 12 heavy (non-hydrogen) atoms. The Kier molecular flexibility index (Phi) is 9.31.